The van der Waals surface area contributed by atoms with Crippen molar-refractivity contribution >= 4 is 34.9 Å². The molecular weight excluding hydrogens is 462 g/mol. The molecule has 4 N–H and O–H groups in total. The van der Waals surface area contributed by atoms with Gasteiger partial charge in [0.2, 0.25) is 6.29 Å². The molecule has 0 spiro atoms. The Hall–Kier alpha value is -2.05. The lowest BCUT2D eigenvalue weighted by atomic mass is 9.98. The van der Waals surface area contributed by atoms with Crippen LogP contribution in [0.25, 0.3) is 0 Å². The number of halogens is 1. The smallest absolute Gasteiger partial charge is 0.335 e. The van der Waals surface area contributed by atoms with Crippen molar-refractivity contribution in [2.45, 2.75) is 49.7 Å². The van der Waals surface area contributed by atoms with Gasteiger partial charge in [0.15, 0.2) is 6.10 Å². The highest BCUT2D eigenvalue weighted by molar-refractivity contribution is 7.10. The predicted molar refractivity (Wildman–Crippen MR) is 113 cm³/mol. The Labute approximate surface area is 192 Å². The van der Waals surface area contributed by atoms with E-state index in [-0.39, 0.29) is 0 Å². The number of hydrogen-bond acceptors (Lipinski definition) is 9. The van der Waals surface area contributed by atoms with Gasteiger partial charge in [0.05, 0.1) is 0 Å². The normalized spacial score (nSPS) is 29.2. The van der Waals surface area contributed by atoms with E-state index in [1.54, 1.807) is 35.6 Å². The summed E-state index contributed by atoms with van der Waals surface area (Å²) in [5.74, 6) is -2.39. The third-order valence-corrected chi connectivity index (χ3v) is 7.04. The minimum atomic E-state index is -1.88. The Balaban J connectivity index is 1.61. The van der Waals surface area contributed by atoms with E-state index in [1.807, 2.05) is 16.3 Å². The number of carbonyl (C=O) groups excluding carboxylic acids is 1. The number of carboxylic acid groups (broad SMARTS) is 1. The highest BCUT2D eigenvalue weighted by Crippen LogP contribution is 2.35. The van der Waals surface area contributed by atoms with Gasteiger partial charge in [-0.3, -0.25) is 4.90 Å². The number of carbonyl (C=O) groups is 2. The molecule has 0 saturated carbocycles. The van der Waals surface area contributed by atoms with Crippen LogP contribution in [0.3, 0.4) is 0 Å². The molecule has 9 nitrogen and oxygen atoms in total. The number of hydrogen-bond donors (Lipinski definition) is 4. The minimum absolute atomic E-state index is 0.342. The fourth-order valence-electron chi connectivity index (χ4n) is 3.99. The summed E-state index contributed by atoms with van der Waals surface area (Å²) in [6.45, 7) is 1.02. The van der Waals surface area contributed by atoms with Gasteiger partial charge in [0.25, 0.3) is 0 Å². The van der Waals surface area contributed by atoms with Gasteiger partial charge in [-0.05, 0) is 35.1 Å². The van der Waals surface area contributed by atoms with Gasteiger partial charge in [-0.1, -0.05) is 29.8 Å². The van der Waals surface area contributed by atoms with Gasteiger partial charge < -0.3 is 29.9 Å². The van der Waals surface area contributed by atoms with Gasteiger partial charge in [-0.2, -0.15) is 0 Å². The zero-order valence-electron chi connectivity index (χ0n) is 16.7. The molecule has 2 aromatic rings. The molecule has 2 aliphatic heterocycles. The van der Waals surface area contributed by atoms with Crippen LogP contribution >= 0.6 is 22.9 Å². The molecule has 1 saturated heterocycles. The topological polar surface area (TPSA) is 137 Å². The number of aliphatic hydroxyl groups is 3. The molecule has 1 fully saturated rings. The molecule has 172 valence electrons. The maximum absolute atomic E-state index is 13.3. The molecule has 0 bridgehead atoms. The molecule has 0 aliphatic carbocycles. The standard InChI is InChI=1S/C21H22ClNO8S/c22-12-4-2-1-3-11(12)14(23-7-5-13-10(9-23)6-8-32-13)20(29)31-21-17(26)15(24)16(25)18(30-21)19(27)28/h1-4,6,8,14-18,21,24-26H,5,7,9H2,(H,27,28)/t14?,15-,16-,17+,18-,21-/m0/s1. The van der Waals surface area contributed by atoms with E-state index in [0.717, 1.165) is 12.0 Å². The molecule has 3 heterocycles. The maximum Gasteiger partial charge on any atom is 0.335 e. The molecule has 1 aromatic carbocycles. The summed E-state index contributed by atoms with van der Waals surface area (Å²) in [6, 6.07) is 7.82. The molecule has 6 atom stereocenters. The summed E-state index contributed by atoms with van der Waals surface area (Å²) in [5, 5.41) is 41.7. The highest BCUT2D eigenvalue weighted by atomic mass is 35.5. The molecule has 11 heteroatoms. The van der Waals surface area contributed by atoms with E-state index in [1.165, 1.54) is 4.88 Å². The number of aliphatic hydroxyl groups excluding tert-OH is 3. The molecular formula is C21H22ClNO8S. The van der Waals surface area contributed by atoms with Crippen LogP contribution in [0.4, 0.5) is 0 Å². The second-order valence-electron chi connectivity index (χ2n) is 7.69. The first-order valence-corrected chi connectivity index (χ1v) is 11.2. The van der Waals surface area contributed by atoms with E-state index >= 15 is 0 Å². The average Bonchev–Trinajstić information content (AvgIpc) is 3.23. The molecule has 1 unspecified atom stereocenters. The largest absolute Gasteiger partial charge is 0.479 e. The van der Waals surface area contributed by atoms with Gasteiger partial charge in [-0.25, -0.2) is 9.59 Å². The van der Waals surface area contributed by atoms with Crippen molar-refractivity contribution in [2.24, 2.45) is 0 Å². The fraction of sp³-hybridized carbons (Fsp3) is 0.429. The lowest BCUT2D eigenvalue weighted by Gasteiger charge is -2.39. The first-order valence-electron chi connectivity index (χ1n) is 9.94. The van der Waals surface area contributed by atoms with Crippen molar-refractivity contribution in [3.63, 3.8) is 0 Å². The number of benzene rings is 1. The van der Waals surface area contributed by atoms with Crippen molar-refractivity contribution in [3.8, 4) is 0 Å². The van der Waals surface area contributed by atoms with E-state index < -0.39 is 48.7 Å². The number of rotatable bonds is 5. The van der Waals surface area contributed by atoms with Gasteiger partial charge in [-0.15, -0.1) is 11.3 Å². The van der Waals surface area contributed by atoms with Gasteiger partial charge >= 0.3 is 11.9 Å². The summed E-state index contributed by atoms with van der Waals surface area (Å²) in [4.78, 5) is 27.8. The zero-order valence-corrected chi connectivity index (χ0v) is 18.3. The number of esters is 1. The van der Waals surface area contributed by atoms with E-state index in [4.69, 9.17) is 21.1 Å². The molecule has 1 aromatic heterocycles. The van der Waals surface area contributed by atoms with Crippen LogP contribution in [-0.2, 0) is 32.0 Å². The minimum Gasteiger partial charge on any atom is -0.479 e. The fourth-order valence-corrected chi connectivity index (χ4v) is 5.12. The third kappa shape index (κ3) is 4.40. The van der Waals surface area contributed by atoms with Crippen LogP contribution in [0.2, 0.25) is 5.02 Å². The second-order valence-corrected chi connectivity index (χ2v) is 9.09. The average molecular weight is 484 g/mol. The number of carboxylic acids is 1. The zero-order chi connectivity index (χ0) is 23.0. The van der Waals surface area contributed by atoms with Crippen LogP contribution < -0.4 is 0 Å². The maximum atomic E-state index is 13.3. The first kappa shape index (κ1) is 23.1. The van der Waals surface area contributed by atoms with Crippen molar-refractivity contribution in [1.29, 1.82) is 0 Å². The predicted octanol–water partition coefficient (Wildman–Crippen LogP) is 0.936. The Morgan fingerprint density at radius 3 is 2.62 bits per heavy atom. The van der Waals surface area contributed by atoms with E-state index in [2.05, 4.69) is 0 Å². The summed E-state index contributed by atoms with van der Waals surface area (Å²) in [5.41, 5.74) is 1.57. The molecule has 0 radical (unpaired) electrons. The number of thiophene rings is 1. The summed E-state index contributed by atoms with van der Waals surface area (Å²) >= 11 is 8.03. The van der Waals surface area contributed by atoms with Gasteiger partial charge in [0, 0.05) is 23.0 Å². The third-order valence-electron chi connectivity index (χ3n) is 5.67. The highest BCUT2D eigenvalue weighted by Gasteiger charge is 2.49. The monoisotopic (exact) mass is 483 g/mol. The summed E-state index contributed by atoms with van der Waals surface area (Å²) < 4.78 is 10.5. The Kier molecular flexibility index (Phi) is 6.82. The van der Waals surface area contributed by atoms with E-state index in [0.29, 0.717) is 23.7 Å². The van der Waals surface area contributed by atoms with Crippen LogP contribution in [-0.4, -0.2) is 74.5 Å². The number of aliphatic carboxylic acids is 1. The number of ether oxygens (including phenoxy) is 2. The molecule has 32 heavy (non-hydrogen) atoms. The number of nitrogens with zero attached hydrogens (tertiary/aromatic N) is 1. The molecule has 0 amide bonds. The summed E-state index contributed by atoms with van der Waals surface area (Å²) in [6.07, 6.45) is -8.50. The Bertz CT molecular complexity index is 1000. The first-order chi connectivity index (χ1) is 15.3. The van der Waals surface area contributed by atoms with Crippen LogP contribution in [0, 0.1) is 0 Å². The molecule has 4 rings (SSSR count). The number of fused-ring (bicyclic) bond motifs is 1. The van der Waals surface area contributed by atoms with Crippen LogP contribution in [0.15, 0.2) is 35.7 Å². The Morgan fingerprint density at radius 2 is 1.91 bits per heavy atom. The van der Waals surface area contributed by atoms with E-state index in [9.17, 15) is 30.0 Å². The second kappa shape index (κ2) is 9.44. The van der Waals surface area contributed by atoms with Gasteiger partial charge in [0.1, 0.15) is 24.4 Å². The SMILES string of the molecule is O=C(O[C@@H]1O[C@H](C(=O)O)[C@@H](O)[C@H](O)[C@H]1O)C(c1ccccc1Cl)N1CCc2sccc2C1. The summed E-state index contributed by atoms with van der Waals surface area (Å²) in [7, 11) is 0. The van der Waals surface area contributed by atoms with Crippen molar-refractivity contribution in [2.75, 3.05) is 6.54 Å². The van der Waals surface area contributed by atoms with Crippen molar-refractivity contribution in [3.05, 3.63) is 56.7 Å². The van der Waals surface area contributed by atoms with Crippen LogP contribution in [0.5, 0.6) is 0 Å². The van der Waals surface area contributed by atoms with Crippen LogP contribution in [0.1, 0.15) is 22.0 Å². The Morgan fingerprint density at radius 1 is 1.16 bits per heavy atom. The molecule has 2 aliphatic rings. The van der Waals surface area contributed by atoms with Crippen molar-refractivity contribution < 1.29 is 39.5 Å². The quantitative estimate of drug-likeness (QED) is 0.458. The lowest BCUT2D eigenvalue weighted by molar-refractivity contribution is -0.287. The van der Waals surface area contributed by atoms with Crippen molar-refractivity contribution in [1.82, 2.24) is 4.90 Å². The lowest BCUT2D eigenvalue weighted by Crippen LogP contribution is -2.61.